The second-order valence-corrected chi connectivity index (χ2v) is 3.77. The van der Waals surface area contributed by atoms with E-state index in [1.165, 1.54) is 18.4 Å². The van der Waals surface area contributed by atoms with Crippen molar-refractivity contribution in [1.29, 1.82) is 0 Å². The van der Waals surface area contributed by atoms with Crippen LogP contribution in [-0.2, 0) is 0 Å². The van der Waals surface area contributed by atoms with Crippen LogP contribution in [0.25, 0.3) is 0 Å². The molecule has 1 atom stereocenters. The van der Waals surface area contributed by atoms with Crippen molar-refractivity contribution in [3.05, 3.63) is 23.9 Å². The van der Waals surface area contributed by atoms with Crippen LogP contribution in [0.1, 0.15) is 24.4 Å². The zero-order valence-electron chi connectivity index (χ0n) is 8.74. The number of hydrogen-bond acceptors (Lipinski definition) is 4. The van der Waals surface area contributed by atoms with Crippen molar-refractivity contribution in [1.82, 2.24) is 10.3 Å². The molecule has 1 saturated heterocycles. The minimum absolute atomic E-state index is 0.133. The summed E-state index contributed by atoms with van der Waals surface area (Å²) in [6.45, 7) is 1.79. The van der Waals surface area contributed by atoms with Crippen LogP contribution < -0.4 is 10.6 Å². The number of rotatable bonds is 4. The summed E-state index contributed by atoms with van der Waals surface area (Å²) < 4.78 is 0. The maximum atomic E-state index is 8.71. The summed E-state index contributed by atoms with van der Waals surface area (Å²) in [5.74, 6) is 0.843. The van der Waals surface area contributed by atoms with E-state index in [4.69, 9.17) is 5.11 Å². The molecule has 3 N–H and O–H groups in total. The average molecular weight is 207 g/mol. The highest BCUT2D eigenvalue weighted by Crippen LogP contribution is 2.23. The molecule has 0 bridgehead atoms. The SMILES string of the molecule is OCCNc1cc(C2CCCN2)ccn1. The largest absolute Gasteiger partial charge is 0.395 e. The number of anilines is 1. The van der Waals surface area contributed by atoms with E-state index in [-0.39, 0.29) is 6.61 Å². The molecule has 4 heteroatoms. The third-order valence-corrected chi connectivity index (χ3v) is 2.66. The first-order chi connectivity index (χ1) is 7.40. The first kappa shape index (κ1) is 10.4. The highest BCUT2D eigenvalue weighted by Gasteiger charge is 2.16. The van der Waals surface area contributed by atoms with Crippen LogP contribution in [0.4, 0.5) is 5.82 Å². The molecule has 82 valence electrons. The fourth-order valence-corrected chi connectivity index (χ4v) is 1.91. The highest BCUT2D eigenvalue weighted by atomic mass is 16.3. The molecular formula is C11H17N3O. The van der Waals surface area contributed by atoms with Gasteiger partial charge in [-0.2, -0.15) is 0 Å². The highest BCUT2D eigenvalue weighted by molar-refractivity contribution is 5.38. The van der Waals surface area contributed by atoms with E-state index < -0.39 is 0 Å². The van der Waals surface area contributed by atoms with Crippen molar-refractivity contribution in [3.63, 3.8) is 0 Å². The fraction of sp³-hybridized carbons (Fsp3) is 0.545. The summed E-state index contributed by atoms with van der Waals surface area (Å²) in [7, 11) is 0. The van der Waals surface area contributed by atoms with Crippen LogP contribution in [0.2, 0.25) is 0 Å². The van der Waals surface area contributed by atoms with Crippen LogP contribution in [0, 0.1) is 0 Å². The van der Waals surface area contributed by atoms with Gasteiger partial charge in [0.25, 0.3) is 0 Å². The lowest BCUT2D eigenvalue weighted by atomic mass is 10.1. The quantitative estimate of drug-likeness (QED) is 0.687. The first-order valence-corrected chi connectivity index (χ1v) is 5.44. The Morgan fingerprint density at radius 2 is 2.53 bits per heavy atom. The van der Waals surface area contributed by atoms with Crippen molar-refractivity contribution in [3.8, 4) is 0 Å². The summed E-state index contributed by atoms with van der Waals surface area (Å²) >= 11 is 0. The number of nitrogens with zero attached hydrogens (tertiary/aromatic N) is 1. The summed E-state index contributed by atoms with van der Waals surface area (Å²) in [6, 6.07) is 4.58. The molecular weight excluding hydrogens is 190 g/mol. The Labute approximate surface area is 89.7 Å². The number of aliphatic hydroxyl groups excluding tert-OH is 1. The van der Waals surface area contributed by atoms with E-state index in [1.54, 1.807) is 0 Å². The smallest absolute Gasteiger partial charge is 0.126 e. The van der Waals surface area contributed by atoms with Crippen molar-refractivity contribution in [2.75, 3.05) is 25.0 Å². The van der Waals surface area contributed by atoms with Gasteiger partial charge < -0.3 is 15.7 Å². The van der Waals surface area contributed by atoms with Gasteiger partial charge in [-0.05, 0) is 37.1 Å². The Bertz CT molecular complexity index is 310. The zero-order chi connectivity index (χ0) is 10.5. The molecule has 0 spiro atoms. The van der Waals surface area contributed by atoms with Crippen molar-refractivity contribution in [2.24, 2.45) is 0 Å². The van der Waals surface area contributed by atoms with Gasteiger partial charge >= 0.3 is 0 Å². The predicted octanol–water partition coefficient (Wildman–Crippen LogP) is 0.910. The van der Waals surface area contributed by atoms with E-state index in [2.05, 4.69) is 21.7 Å². The third kappa shape index (κ3) is 2.67. The molecule has 1 fully saturated rings. The van der Waals surface area contributed by atoms with Gasteiger partial charge in [-0.15, -0.1) is 0 Å². The van der Waals surface area contributed by atoms with E-state index in [0.29, 0.717) is 12.6 Å². The molecule has 1 unspecified atom stereocenters. The van der Waals surface area contributed by atoms with E-state index in [9.17, 15) is 0 Å². The number of pyridine rings is 1. The lowest BCUT2D eigenvalue weighted by Crippen LogP contribution is -2.14. The molecule has 4 nitrogen and oxygen atoms in total. The Morgan fingerprint density at radius 3 is 3.27 bits per heavy atom. The molecule has 0 radical (unpaired) electrons. The van der Waals surface area contributed by atoms with Crippen LogP contribution >= 0.6 is 0 Å². The topological polar surface area (TPSA) is 57.2 Å². The van der Waals surface area contributed by atoms with Crippen LogP contribution in [-0.4, -0.2) is 29.8 Å². The standard InChI is InChI=1S/C11H17N3O/c15-7-6-14-11-8-9(3-5-13-11)10-2-1-4-12-10/h3,5,8,10,12,15H,1-2,4,6-7H2,(H,13,14). The molecule has 0 aliphatic carbocycles. The Hall–Kier alpha value is -1.13. The van der Waals surface area contributed by atoms with E-state index in [0.717, 1.165) is 12.4 Å². The third-order valence-electron chi connectivity index (χ3n) is 2.66. The molecule has 1 aliphatic rings. The normalized spacial score (nSPS) is 20.5. The minimum atomic E-state index is 0.133. The van der Waals surface area contributed by atoms with Gasteiger partial charge in [0.05, 0.1) is 6.61 Å². The number of hydrogen-bond donors (Lipinski definition) is 3. The first-order valence-electron chi connectivity index (χ1n) is 5.44. The Morgan fingerprint density at radius 1 is 1.60 bits per heavy atom. The molecule has 0 amide bonds. The molecule has 1 aromatic heterocycles. The molecule has 1 aromatic rings. The van der Waals surface area contributed by atoms with Gasteiger partial charge in [0, 0.05) is 18.8 Å². The Kier molecular flexibility index (Phi) is 3.53. The summed E-state index contributed by atoms with van der Waals surface area (Å²) in [5.41, 5.74) is 1.28. The van der Waals surface area contributed by atoms with Crippen LogP contribution in [0.3, 0.4) is 0 Å². The van der Waals surface area contributed by atoms with Gasteiger partial charge in [-0.1, -0.05) is 0 Å². The fourth-order valence-electron chi connectivity index (χ4n) is 1.91. The van der Waals surface area contributed by atoms with Gasteiger partial charge in [-0.3, -0.25) is 0 Å². The molecule has 2 heterocycles. The molecule has 0 saturated carbocycles. The lowest BCUT2D eigenvalue weighted by molar-refractivity contribution is 0.311. The minimum Gasteiger partial charge on any atom is -0.395 e. The molecule has 1 aliphatic heterocycles. The Balaban J connectivity index is 2.04. The number of aromatic nitrogens is 1. The average Bonchev–Trinajstić information content (AvgIpc) is 2.80. The van der Waals surface area contributed by atoms with Gasteiger partial charge in [0.2, 0.25) is 0 Å². The van der Waals surface area contributed by atoms with Crippen molar-refractivity contribution < 1.29 is 5.11 Å². The predicted molar refractivity (Wildman–Crippen MR) is 59.8 cm³/mol. The molecule has 2 rings (SSSR count). The number of nitrogens with one attached hydrogen (secondary N) is 2. The van der Waals surface area contributed by atoms with Gasteiger partial charge in [0.15, 0.2) is 0 Å². The maximum Gasteiger partial charge on any atom is 0.126 e. The summed E-state index contributed by atoms with van der Waals surface area (Å²) in [4.78, 5) is 4.20. The monoisotopic (exact) mass is 207 g/mol. The van der Waals surface area contributed by atoms with E-state index in [1.807, 2.05) is 12.3 Å². The molecule has 15 heavy (non-hydrogen) atoms. The summed E-state index contributed by atoms with van der Waals surface area (Å²) in [6.07, 6.45) is 4.25. The van der Waals surface area contributed by atoms with Crippen molar-refractivity contribution >= 4 is 5.82 Å². The van der Waals surface area contributed by atoms with Crippen molar-refractivity contribution in [2.45, 2.75) is 18.9 Å². The van der Waals surface area contributed by atoms with E-state index >= 15 is 0 Å². The van der Waals surface area contributed by atoms with Gasteiger partial charge in [0.1, 0.15) is 5.82 Å². The second kappa shape index (κ2) is 5.09. The van der Waals surface area contributed by atoms with Crippen LogP contribution in [0.15, 0.2) is 18.3 Å². The molecule has 0 aromatic carbocycles. The lowest BCUT2D eigenvalue weighted by Gasteiger charge is -2.12. The maximum absolute atomic E-state index is 8.71. The zero-order valence-corrected chi connectivity index (χ0v) is 8.74. The number of aliphatic hydroxyl groups is 1. The van der Waals surface area contributed by atoms with Crippen LogP contribution in [0.5, 0.6) is 0 Å². The summed E-state index contributed by atoms with van der Waals surface area (Å²) in [5, 5.41) is 15.2. The second-order valence-electron chi connectivity index (χ2n) is 3.77. The van der Waals surface area contributed by atoms with Gasteiger partial charge in [-0.25, -0.2) is 4.98 Å².